The lowest BCUT2D eigenvalue weighted by atomic mass is 10.1. The van der Waals surface area contributed by atoms with Crippen LogP contribution in [0.4, 0.5) is 11.4 Å². The number of amides is 2. The zero-order valence-electron chi connectivity index (χ0n) is 14.0. The van der Waals surface area contributed by atoms with E-state index in [2.05, 4.69) is 5.32 Å². The number of aryl methyl sites for hydroxylation is 2. The van der Waals surface area contributed by atoms with E-state index in [0.29, 0.717) is 11.4 Å². The third-order valence-electron chi connectivity index (χ3n) is 4.18. The van der Waals surface area contributed by atoms with Gasteiger partial charge in [0.2, 0.25) is 5.91 Å². The highest BCUT2D eigenvalue weighted by atomic mass is 16.5. The summed E-state index contributed by atoms with van der Waals surface area (Å²) >= 11 is 0. The van der Waals surface area contributed by atoms with E-state index in [1.807, 2.05) is 32.0 Å². The molecule has 0 unspecified atom stereocenters. The van der Waals surface area contributed by atoms with Crippen LogP contribution in [0.3, 0.4) is 0 Å². The standard InChI is InChI=1S/C19H20N2O3/c1-12-8-9-14(13(2)10-12)20-15-11-18(22)21(19(15)23)16-6-4-5-7-17(16)24-3/h4-10,15,20H,11H2,1-3H3/t15-/m0/s1. The number of nitrogens with zero attached hydrogens (tertiary/aromatic N) is 1. The SMILES string of the molecule is COc1ccccc1N1C(=O)C[C@H](Nc2ccc(C)cc2C)C1=O. The van der Waals surface area contributed by atoms with Gasteiger partial charge in [0.25, 0.3) is 5.91 Å². The number of hydrogen-bond acceptors (Lipinski definition) is 4. The summed E-state index contributed by atoms with van der Waals surface area (Å²) in [6.45, 7) is 4.00. The molecule has 1 aliphatic rings. The predicted molar refractivity (Wildman–Crippen MR) is 93.4 cm³/mol. The first-order valence-electron chi connectivity index (χ1n) is 7.85. The molecule has 2 aromatic rings. The minimum Gasteiger partial charge on any atom is -0.495 e. The van der Waals surface area contributed by atoms with E-state index in [9.17, 15) is 9.59 Å². The summed E-state index contributed by atoms with van der Waals surface area (Å²) in [5.41, 5.74) is 3.56. The molecule has 124 valence electrons. The van der Waals surface area contributed by atoms with Crippen LogP contribution in [-0.4, -0.2) is 25.0 Å². The van der Waals surface area contributed by atoms with Crippen LogP contribution in [0.5, 0.6) is 5.75 Å². The number of hydrogen-bond donors (Lipinski definition) is 1. The molecule has 0 bridgehead atoms. The molecule has 2 amide bonds. The molecule has 0 saturated carbocycles. The summed E-state index contributed by atoms with van der Waals surface area (Å²) in [6.07, 6.45) is 0.129. The van der Waals surface area contributed by atoms with Gasteiger partial charge in [0.15, 0.2) is 0 Å². The number of rotatable bonds is 4. The first-order chi connectivity index (χ1) is 11.5. The van der Waals surface area contributed by atoms with E-state index >= 15 is 0 Å². The Kier molecular flexibility index (Phi) is 4.25. The summed E-state index contributed by atoms with van der Waals surface area (Å²) in [4.78, 5) is 26.4. The Bertz CT molecular complexity index is 801. The van der Waals surface area contributed by atoms with Gasteiger partial charge in [-0.05, 0) is 37.6 Å². The predicted octanol–water partition coefficient (Wildman–Crippen LogP) is 3.06. The van der Waals surface area contributed by atoms with Gasteiger partial charge >= 0.3 is 0 Å². The van der Waals surface area contributed by atoms with E-state index in [0.717, 1.165) is 16.8 Å². The van der Waals surface area contributed by atoms with E-state index in [1.54, 1.807) is 24.3 Å². The summed E-state index contributed by atoms with van der Waals surface area (Å²) in [5, 5.41) is 3.20. The third-order valence-corrected chi connectivity index (χ3v) is 4.18. The number of anilines is 2. The van der Waals surface area contributed by atoms with Crippen LogP contribution in [0.15, 0.2) is 42.5 Å². The first-order valence-corrected chi connectivity index (χ1v) is 7.85. The molecule has 0 radical (unpaired) electrons. The fourth-order valence-electron chi connectivity index (χ4n) is 2.98. The van der Waals surface area contributed by atoms with Crippen molar-refractivity contribution in [3.63, 3.8) is 0 Å². The summed E-state index contributed by atoms with van der Waals surface area (Å²) < 4.78 is 5.27. The van der Waals surface area contributed by atoms with Gasteiger partial charge in [-0.1, -0.05) is 29.8 Å². The molecule has 1 saturated heterocycles. The fraction of sp³-hybridized carbons (Fsp3) is 0.263. The average molecular weight is 324 g/mol. The number of carbonyl (C=O) groups excluding carboxylic acids is 2. The number of methoxy groups -OCH3 is 1. The van der Waals surface area contributed by atoms with Gasteiger partial charge in [-0.15, -0.1) is 0 Å². The van der Waals surface area contributed by atoms with E-state index in [-0.39, 0.29) is 18.2 Å². The average Bonchev–Trinajstić information content (AvgIpc) is 2.84. The molecule has 1 fully saturated rings. The second kappa shape index (κ2) is 6.35. The maximum Gasteiger partial charge on any atom is 0.256 e. The normalized spacial score (nSPS) is 17.3. The van der Waals surface area contributed by atoms with Crippen LogP contribution in [0.2, 0.25) is 0 Å². The van der Waals surface area contributed by atoms with Crippen molar-refractivity contribution < 1.29 is 14.3 Å². The first kappa shape index (κ1) is 16.1. The molecular formula is C19H20N2O3. The molecule has 1 heterocycles. The summed E-state index contributed by atoms with van der Waals surface area (Å²) in [6, 6.07) is 12.4. The Balaban J connectivity index is 1.86. The Labute approximate surface area is 141 Å². The van der Waals surface area contributed by atoms with Gasteiger partial charge in [-0.2, -0.15) is 0 Å². The van der Waals surface area contributed by atoms with Gasteiger partial charge in [0.1, 0.15) is 11.8 Å². The summed E-state index contributed by atoms with van der Waals surface area (Å²) in [5.74, 6) is 0.0163. The van der Waals surface area contributed by atoms with Crippen LogP contribution >= 0.6 is 0 Å². The minimum absolute atomic E-state index is 0.129. The number of ether oxygens (including phenoxy) is 1. The zero-order valence-corrected chi connectivity index (χ0v) is 14.0. The smallest absolute Gasteiger partial charge is 0.256 e. The van der Waals surface area contributed by atoms with Crippen molar-refractivity contribution in [3.05, 3.63) is 53.6 Å². The lowest BCUT2D eigenvalue weighted by Crippen LogP contribution is -2.35. The number of imide groups is 1. The largest absolute Gasteiger partial charge is 0.495 e. The highest BCUT2D eigenvalue weighted by Gasteiger charge is 2.40. The lowest BCUT2D eigenvalue weighted by molar-refractivity contribution is -0.121. The van der Waals surface area contributed by atoms with Crippen molar-refractivity contribution in [1.82, 2.24) is 0 Å². The van der Waals surface area contributed by atoms with E-state index in [1.165, 1.54) is 12.0 Å². The molecule has 0 aliphatic carbocycles. The molecular weight excluding hydrogens is 304 g/mol. The maximum atomic E-state index is 12.8. The fourth-order valence-corrected chi connectivity index (χ4v) is 2.98. The molecule has 1 aliphatic heterocycles. The highest BCUT2D eigenvalue weighted by molar-refractivity contribution is 6.23. The van der Waals surface area contributed by atoms with Gasteiger partial charge in [0, 0.05) is 5.69 Å². The second-order valence-corrected chi connectivity index (χ2v) is 5.96. The molecule has 1 N–H and O–H groups in total. The second-order valence-electron chi connectivity index (χ2n) is 5.96. The zero-order chi connectivity index (χ0) is 17.3. The van der Waals surface area contributed by atoms with Gasteiger partial charge in [-0.3, -0.25) is 9.59 Å². The van der Waals surface area contributed by atoms with Gasteiger partial charge in [-0.25, -0.2) is 4.90 Å². The summed E-state index contributed by atoms with van der Waals surface area (Å²) in [7, 11) is 1.52. The molecule has 5 nitrogen and oxygen atoms in total. The van der Waals surface area contributed by atoms with Crippen molar-refractivity contribution in [3.8, 4) is 5.75 Å². The molecule has 24 heavy (non-hydrogen) atoms. The highest BCUT2D eigenvalue weighted by Crippen LogP contribution is 2.32. The Morgan fingerprint density at radius 3 is 2.58 bits per heavy atom. The molecule has 0 aromatic heterocycles. The number of para-hydroxylation sites is 2. The van der Waals surface area contributed by atoms with Crippen LogP contribution in [0.1, 0.15) is 17.5 Å². The monoisotopic (exact) mass is 324 g/mol. The third kappa shape index (κ3) is 2.85. The number of nitrogens with one attached hydrogen (secondary N) is 1. The van der Waals surface area contributed by atoms with Crippen LogP contribution < -0.4 is 15.0 Å². The Morgan fingerprint density at radius 1 is 1.12 bits per heavy atom. The lowest BCUT2D eigenvalue weighted by Gasteiger charge is -2.19. The Hall–Kier alpha value is -2.82. The quantitative estimate of drug-likeness (QED) is 0.878. The van der Waals surface area contributed by atoms with Crippen molar-refractivity contribution in [2.75, 3.05) is 17.3 Å². The topological polar surface area (TPSA) is 58.6 Å². The van der Waals surface area contributed by atoms with Crippen LogP contribution in [0, 0.1) is 13.8 Å². The maximum absolute atomic E-state index is 12.8. The number of carbonyl (C=O) groups is 2. The van der Waals surface area contributed by atoms with Crippen molar-refractivity contribution in [2.45, 2.75) is 26.3 Å². The number of benzene rings is 2. The molecule has 5 heteroatoms. The van der Waals surface area contributed by atoms with Gasteiger partial charge < -0.3 is 10.1 Å². The van der Waals surface area contributed by atoms with E-state index < -0.39 is 6.04 Å². The molecule has 1 atom stereocenters. The van der Waals surface area contributed by atoms with Crippen molar-refractivity contribution >= 4 is 23.2 Å². The molecule has 3 rings (SSSR count). The van der Waals surface area contributed by atoms with Gasteiger partial charge in [0.05, 0.1) is 19.2 Å². The van der Waals surface area contributed by atoms with Crippen molar-refractivity contribution in [2.24, 2.45) is 0 Å². The Morgan fingerprint density at radius 2 is 1.88 bits per heavy atom. The molecule has 2 aromatic carbocycles. The minimum atomic E-state index is -0.566. The van der Waals surface area contributed by atoms with Crippen LogP contribution in [-0.2, 0) is 9.59 Å². The van der Waals surface area contributed by atoms with Crippen LogP contribution in [0.25, 0.3) is 0 Å². The van der Waals surface area contributed by atoms with Crippen molar-refractivity contribution in [1.29, 1.82) is 0 Å². The molecule has 0 spiro atoms. The van der Waals surface area contributed by atoms with E-state index in [4.69, 9.17) is 4.74 Å².